The number of aromatic nitrogens is 2. The normalized spacial score (nSPS) is 18.2. The van der Waals surface area contributed by atoms with Gasteiger partial charge in [0.25, 0.3) is 0 Å². The van der Waals surface area contributed by atoms with Crippen molar-refractivity contribution in [2.45, 2.75) is 32.0 Å². The standard InChI is InChI=1S/C15H15N3O2/c19-15(20)14-6-13(16-17-14)9-1-2-10-7-18(12-3-4-12)8-11(10)5-9/h1-2,5-6,12H,3-4,7-8H2,(H,16,17)(H,19,20). The Bertz CT molecular complexity index is 688. The molecular weight excluding hydrogens is 254 g/mol. The van der Waals surface area contributed by atoms with E-state index in [0.29, 0.717) is 5.69 Å². The minimum absolute atomic E-state index is 0.125. The minimum Gasteiger partial charge on any atom is -0.477 e. The predicted octanol–water partition coefficient (Wildman–Crippen LogP) is 2.25. The molecule has 2 aromatic rings. The maximum absolute atomic E-state index is 10.9. The van der Waals surface area contributed by atoms with Gasteiger partial charge in [-0.05, 0) is 36.1 Å². The number of carboxylic acid groups (broad SMARTS) is 1. The average molecular weight is 269 g/mol. The summed E-state index contributed by atoms with van der Waals surface area (Å²) in [4.78, 5) is 13.4. The molecule has 0 atom stereocenters. The Morgan fingerprint density at radius 2 is 2.05 bits per heavy atom. The van der Waals surface area contributed by atoms with Crippen LogP contribution in [0.5, 0.6) is 0 Å². The molecule has 1 saturated carbocycles. The van der Waals surface area contributed by atoms with Crippen molar-refractivity contribution in [1.29, 1.82) is 0 Å². The summed E-state index contributed by atoms with van der Waals surface area (Å²) in [6.45, 7) is 2.05. The van der Waals surface area contributed by atoms with Crippen molar-refractivity contribution in [2.24, 2.45) is 0 Å². The number of aromatic amines is 1. The van der Waals surface area contributed by atoms with Gasteiger partial charge in [-0.2, -0.15) is 5.10 Å². The van der Waals surface area contributed by atoms with Gasteiger partial charge in [0.05, 0.1) is 5.69 Å². The van der Waals surface area contributed by atoms with Gasteiger partial charge in [0, 0.05) is 24.7 Å². The molecule has 1 aromatic carbocycles. The smallest absolute Gasteiger partial charge is 0.353 e. The van der Waals surface area contributed by atoms with Crippen LogP contribution in [0.2, 0.25) is 0 Å². The van der Waals surface area contributed by atoms with E-state index in [4.69, 9.17) is 5.11 Å². The van der Waals surface area contributed by atoms with Gasteiger partial charge < -0.3 is 5.11 Å². The van der Waals surface area contributed by atoms with Crippen LogP contribution in [-0.2, 0) is 13.1 Å². The summed E-state index contributed by atoms with van der Waals surface area (Å²) < 4.78 is 0. The van der Waals surface area contributed by atoms with Crippen molar-refractivity contribution < 1.29 is 9.90 Å². The van der Waals surface area contributed by atoms with E-state index in [1.807, 2.05) is 6.07 Å². The van der Waals surface area contributed by atoms with Crippen LogP contribution < -0.4 is 0 Å². The second-order valence-corrected chi connectivity index (χ2v) is 5.59. The highest BCUT2D eigenvalue weighted by Gasteiger charge is 2.32. The molecule has 0 saturated heterocycles. The first-order chi connectivity index (χ1) is 9.70. The zero-order chi connectivity index (χ0) is 13.7. The van der Waals surface area contributed by atoms with E-state index in [-0.39, 0.29) is 5.69 Å². The quantitative estimate of drug-likeness (QED) is 0.896. The minimum atomic E-state index is -0.982. The fraction of sp³-hybridized carbons (Fsp3) is 0.333. The van der Waals surface area contributed by atoms with E-state index in [1.54, 1.807) is 6.07 Å². The van der Waals surface area contributed by atoms with Crippen LogP contribution in [-0.4, -0.2) is 32.2 Å². The number of nitrogens with zero attached hydrogens (tertiary/aromatic N) is 2. The summed E-state index contributed by atoms with van der Waals surface area (Å²) in [5.74, 6) is -0.982. The molecule has 4 rings (SSSR count). The van der Waals surface area contributed by atoms with Gasteiger partial charge in [0.15, 0.2) is 0 Å². The Labute approximate surface area is 116 Å². The van der Waals surface area contributed by atoms with E-state index in [9.17, 15) is 4.79 Å². The van der Waals surface area contributed by atoms with Crippen molar-refractivity contribution in [1.82, 2.24) is 15.1 Å². The summed E-state index contributed by atoms with van der Waals surface area (Å²) in [5, 5.41) is 15.6. The molecule has 2 heterocycles. The molecule has 20 heavy (non-hydrogen) atoms. The predicted molar refractivity (Wildman–Crippen MR) is 73.3 cm³/mol. The summed E-state index contributed by atoms with van der Waals surface area (Å²) in [7, 11) is 0. The number of hydrogen-bond acceptors (Lipinski definition) is 3. The lowest BCUT2D eigenvalue weighted by molar-refractivity contribution is 0.0690. The molecule has 5 nitrogen and oxygen atoms in total. The number of aromatic carboxylic acids is 1. The van der Waals surface area contributed by atoms with E-state index >= 15 is 0 Å². The van der Waals surface area contributed by atoms with Crippen molar-refractivity contribution in [2.75, 3.05) is 0 Å². The lowest BCUT2D eigenvalue weighted by Gasteiger charge is -2.11. The number of benzene rings is 1. The van der Waals surface area contributed by atoms with E-state index in [1.165, 1.54) is 24.0 Å². The molecule has 0 radical (unpaired) electrons. The number of nitrogens with one attached hydrogen (secondary N) is 1. The SMILES string of the molecule is O=C(O)c1cc(-c2ccc3c(c2)CN(C2CC2)C3)n[nH]1. The molecule has 102 valence electrons. The van der Waals surface area contributed by atoms with Gasteiger partial charge in [-0.1, -0.05) is 12.1 Å². The largest absolute Gasteiger partial charge is 0.477 e. The number of rotatable bonds is 3. The van der Waals surface area contributed by atoms with Crippen molar-refractivity contribution in [3.63, 3.8) is 0 Å². The van der Waals surface area contributed by atoms with Crippen molar-refractivity contribution in [3.8, 4) is 11.3 Å². The Kier molecular flexibility index (Phi) is 2.44. The maximum Gasteiger partial charge on any atom is 0.353 e. The zero-order valence-electron chi connectivity index (χ0n) is 11.0. The van der Waals surface area contributed by atoms with E-state index in [2.05, 4.69) is 27.2 Å². The second kappa shape index (κ2) is 4.18. The second-order valence-electron chi connectivity index (χ2n) is 5.59. The fourth-order valence-corrected chi connectivity index (χ4v) is 2.86. The number of H-pyrrole nitrogens is 1. The molecule has 5 heteroatoms. The van der Waals surface area contributed by atoms with Crippen LogP contribution in [0.1, 0.15) is 34.5 Å². The number of fused-ring (bicyclic) bond motifs is 1. The van der Waals surface area contributed by atoms with Gasteiger partial charge in [0.2, 0.25) is 0 Å². The molecule has 0 amide bonds. The fourth-order valence-electron chi connectivity index (χ4n) is 2.86. The van der Waals surface area contributed by atoms with Crippen molar-refractivity contribution in [3.05, 3.63) is 41.1 Å². The molecule has 2 aliphatic rings. The Morgan fingerprint density at radius 3 is 2.75 bits per heavy atom. The van der Waals surface area contributed by atoms with E-state index < -0.39 is 5.97 Å². The van der Waals surface area contributed by atoms with Gasteiger partial charge in [-0.3, -0.25) is 10.00 Å². The monoisotopic (exact) mass is 269 g/mol. The number of carbonyl (C=O) groups is 1. The molecule has 0 bridgehead atoms. The van der Waals surface area contributed by atoms with Crippen LogP contribution in [0.3, 0.4) is 0 Å². The summed E-state index contributed by atoms with van der Waals surface area (Å²) >= 11 is 0. The third kappa shape index (κ3) is 1.91. The first-order valence-electron chi connectivity index (χ1n) is 6.85. The highest BCUT2D eigenvalue weighted by atomic mass is 16.4. The maximum atomic E-state index is 10.9. The Morgan fingerprint density at radius 1 is 1.25 bits per heavy atom. The van der Waals surface area contributed by atoms with Crippen LogP contribution in [0.4, 0.5) is 0 Å². The van der Waals surface area contributed by atoms with E-state index in [0.717, 1.165) is 24.7 Å². The first-order valence-corrected chi connectivity index (χ1v) is 6.85. The molecule has 1 aliphatic heterocycles. The van der Waals surface area contributed by atoms with Gasteiger partial charge in [0.1, 0.15) is 5.69 Å². The van der Waals surface area contributed by atoms with Crippen LogP contribution >= 0.6 is 0 Å². The Hall–Kier alpha value is -2.14. The zero-order valence-corrected chi connectivity index (χ0v) is 11.0. The summed E-state index contributed by atoms with van der Waals surface area (Å²) in [6.07, 6.45) is 2.64. The lowest BCUT2D eigenvalue weighted by Crippen LogP contribution is -2.18. The third-order valence-electron chi connectivity index (χ3n) is 4.12. The molecule has 1 fully saturated rings. The molecular formula is C15H15N3O2. The van der Waals surface area contributed by atoms with Gasteiger partial charge in [-0.25, -0.2) is 4.79 Å². The summed E-state index contributed by atoms with van der Waals surface area (Å²) in [5.41, 5.74) is 4.52. The van der Waals surface area contributed by atoms with Gasteiger partial charge in [-0.15, -0.1) is 0 Å². The Balaban J connectivity index is 1.64. The molecule has 0 unspecified atom stereocenters. The average Bonchev–Trinajstić information content (AvgIpc) is 3.02. The summed E-state index contributed by atoms with van der Waals surface area (Å²) in [6, 6.07) is 8.66. The number of carboxylic acids is 1. The highest BCUT2D eigenvalue weighted by molar-refractivity contribution is 5.86. The lowest BCUT2D eigenvalue weighted by atomic mass is 10.0. The first kappa shape index (κ1) is 11.7. The molecule has 0 spiro atoms. The van der Waals surface area contributed by atoms with Crippen LogP contribution in [0, 0.1) is 0 Å². The topological polar surface area (TPSA) is 69.2 Å². The molecule has 2 N–H and O–H groups in total. The van der Waals surface area contributed by atoms with Crippen LogP contribution in [0.15, 0.2) is 24.3 Å². The van der Waals surface area contributed by atoms with Crippen LogP contribution in [0.25, 0.3) is 11.3 Å². The van der Waals surface area contributed by atoms with Gasteiger partial charge >= 0.3 is 5.97 Å². The third-order valence-corrected chi connectivity index (χ3v) is 4.12. The highest BCUT2D eigenvalue weighted by Crippen LogP contribution is 2.35. The molecule has 1 aliphatic carbocycles. The number of hydrogen-bond donors (Lipinski definition) is 2. The van der Waals surface area contributed by atoms with Crippen molar-refractivity contribution >= 4 is 5.97 Å². The molecule has 1 aromatic heterocycles.